The van der Waals surface area contributed by atoms with E-state index in [2.05, 4.69) is 11.4 Å². The lowest BCUT2D eigenvalue weighted by Crippen LogP contribution is -2.35. The van der Waals surface area contributed by atoms with Crippen LogP contribution in [0, 0.1) is 5.41 Å². The standard InChI is InChI=1S/C13H20N2OS/c1-15(10-13(9-14)6-7-13)12(16)5-4-11-3-2-8-17-11/h2-3,8H,4-7,9-10,14H2,1H3. The molecule has 0 aliphatic heterocycles. The molecule has 1 amide bonds. The minimum atomic E-state index is 0.234. The molecular formula is C13H20N2OS. The van der Waals surface area contributed by atoms with Gasteiger partial charge in [-0.1, -0.05) is 6.07 Å². The van der Waals surface area contributed by atoms with E-state index in [0.717, 1.165) is 13.0 Å². The van der Waals surface area contributed by atoms with Gasteiger partial charge in [-0.05, 0) is 37.3 Å². The van der Waals surface area contributed by atoms with Crippen LogP contribution in [0.5, 0.6) is 0 Å². The fourth-order valence-corrected chi connectivity index (χ4v) is 2.78. The SMILES string of the molecule is CN(CC1(CN)CC1)C(=O)CCc1cccs1. The Balaban J connectivity index is 1.75. The maximum atomic E-state index is 11.9. The van der Waals surface area contributed by atoms with Crippen molar-refractivity contribution in [1.29, 1.82) is 0 Å². The average Bonchev–Trinajstić information content (AvgIpc) is 2.91. The quantitative estimate of drug-likeness (QED) is 0.840. The Morgan fingerprint density at radius 2 is 2.35 bits per heavy atom. The van der Waals surface area contributed by atoms with Gasteiger partial charge in [0.15, 0.2) is 0 Å². The Hall–Kier alpha value is -0.870. The minimum Gasteiger partial charge on any atom is -0.345 e. The van der Waals surface area contributed by atoms with Crippen LogP contribution in [-0.2, 0) is 11.2 Å². The molecule has 1 aromatic rings. The van der Waals surface area contributed by atoms with Crippen molar-refractivity contribution >= 4 is 17.2 Å². The monoisotopic (exact) mass is 252 g/mol. The van der Waals surface area contributed by atoms with E-state index in [1.54, 1.807) is 11.3 Å². The molecule has 1 aromatic heterocycles. The molecule has 0 aromatic carbocycles. The van der Waals surface area contributed by atoms with Gasteiger partial charge in [0.05, 0.1) is 0 Å². The second kappa shape index (κ2) is 5.19. The number of hydrogen-bond donors (Lipinski definition) is 1. The Labute approximate surface area is 107 Å². The lowest BCUT2D eigenvalue weighted by atomic mass is 10.1. The van der Waals surface area contributed by atoms with E-state index in [1.807, 2.05) is 18.0 Å². The summed E-state index contributed by atoms with van der Waals surface area (Å²) in [6, 6.07) is 4.11. The van der Waals surface area contributed by atoms with Crippen molar-refractivity contribution in [3.05, 3.63) is 22.4 Å². The molecular weight excluding hydrogens is 232 g/mol. The first-order chi connectivity index (χ1) is 8.15. The summed E-state index contributed by atoms with van der Waals surface area (Å²) in [4.78, 5) is 15.1. The highest BCUT2D eigenvalue weighted by molar-refractivity contribution is 7.09. The molecule has 0 radical (unpaired) electrons. The van der Waals surface area contributed by atoms with Crippen LogP contribution in [0.15, 0.2) is 17.5 Å². The van der Waals surface area contributed by atoms with Crippen molar-refractivity contribution in [2.24, 2.45) is 11.1 Å². The number of carbonyl (C=O) groups is 1. The van der Waals surface area contributed by atoms with E-state index in [0.29, 0.717) is 13.0 Å². The summed E-state index contributed by atoms with van der Waals surface area (Å²) in [6.45, 7) is 1.53. The topological polar surface area (TPSA) is 46.3 Å². The van der Waals surface area contributed by atoms with Crippen LogP contribution in [0.2, 0.25) is 0 Å². The van der Waals surface area contributed by atoms with Gasteiger partial charge in [-0.2, -0.15) is 0 Å². The lowest BCUT2D eigenvalue weighted by Gasteiger charge is -2.22. The summed E-state index contributed by atoms with van der Waals surface area (Å²) in [6.07, 6.45) is 3.81. The number of aryl methyl sites for hydroxylation is 1. The summed E-state index contributed by atoms with van der Waals surface area (Å²) in [5.41, 5.74) is 5.98. The molecule has 1 heterocycles. The van der Waals surface area contributed by atoms with E-state index in [9.17, 15) is 4.79 Å². The van der Waals surface area contributed by atoms with Crippen LogP contribution in [0.4, 0.5) is 0 Å². The number of carbonyl (C=O) groups excluding carboxylic acids is 1. The molecule has 1 aliphatic rings. The second-order valence-corrected chi connectivity index (χ2v) is 6.07. The average molecular weight is 252 g/mol. The van der Waals surface area contributed by atoms with Crippen molar-refractivity contribution in [3.8, 4) is 0 Å². The van der Waals surface area contributed by atoms with Gasteiger partial charge in [-0.25, -0.2) is 0 Å². The molecule has 1 fully saturated rings. The van der Waals surface area contributed by atoms with Crippen molar-refractivity contribution in [2.45, 2.75) is 25.7 Å². The van der Waals surface area contributed by atoms with Crippen LogP contribution in [0.1, 0.15) is 24.1 Å². The number of thiophene rings is 1. The predicted molar refractivity (Wildman–Crippen MR) is 71.0 cm³/mol. The first kappa shape index (κ1) is 12.6. The van der Waals surface area contributed by atoms with Gasteiger partial charge < -0.3 is 10.6 Å². The zero-order chi connectivity index (χ0) is 12.3. The fraction of sp³-hybridized carbons (Fsp3) is 0.615. The zero-order valence-corrected chi connectivity index (χ0v) is 11.1. The molecule has 3 nitrogen and oxygen atoms in total. The second-order valence-electron chi connectivity index (χ2n) is 5.03. The maximum absolute atomic E-state index is 11.9. The maximum Gasteiger partial charge on any atom is 0.222 e. The van der Waals surface area contributed by atoms with E-state index in [4.69, 9.17) is 5.73 Å². The molecule has 0 spiro atoms. The van der Waals surface area contributed by atoms with E-state index in [-0.39, 0.29) is 11.3 Å². The highest BCUT2D eigenvalue weighted by atomic mass is 32.1. The summed E-state index contributed by atoms with van der Waals surface area (Å²) in [5.74, 6) is 0.234. The molecule has 4 heteroatoms. The van der Waals surface area contributed by atoms with Gasteiger partial charge in [0.25, 0.3) is 0 Å². The predicted octanol–water partition coefficient (Wildman–Crippen LogP) is 1.88. The van der Waals surface area contributed by atoms with Crippen LogP contribution < -0.4 is 5.73 Å². The third-order valence-electron chi connectivity index (χ3n) is 3.55. The molecule has 0 bridgehead atoms. The Kier molecular flexibility index (Phi) is 3.84. The summed E-state index contributed by atoms with van der Waals surface area (Å²) in [5, 5.41) is 2.05. The smallest absolute Gasteiger partial charge is 0.222 e. The molecule has 2 rings (SSSR count). The number of nitrogens with zero attached hydrogens (tertiary/aromatic N) is 1. The molecule has 94 valence electrons. The molecule has 0 saturated heterocycles. The van der Waals surface area contributed by atoms with Crippen molar-refractivity contribution < 1.29 is 4.79 Å². The van der Waals surface area contributed by atoms with Gasteiger partial charge >= 0.3 is 0 Å². The number of amides is 1. The van der Waals surface area contributed by atoms with Gasteiger partial charge in [0.1, 0.15) is 0 Å². The van der Waals surface area contributed by atoms with Gasteiger partial charge in [-0.3, -0.25) is 4.79 Å². The van der Waals surface area contributed by atoms with E-state index < -0.39 is 0 Å². The van der Waals surface area contributed by atoms with Crippen molar-refractivity contribution in [3.63, 3.8) is 0 Å². The summed E-state index contributed by atoms with van der Waals surface area (Å²) >= 11 is 1.72. The molecule has 2 N–H and O–H groups in total. The van der Waals surface area contributed by atoms with E-state index >= 15 is 0 Å². The first-order valence-electron chi connectivity index (χ1n) is 6.12. The Morgan fingerprint density at radius 3 is 2.88 bits per heavy atom. The fourth-order valence-electron chi connectivity index (χ4n) is 2.07. The van der Waals surface area contributed by atoms with Gasteiger partial charge in [0.2, 0.25) is 5.91 Å². The van der Waals surface area contributed by atoms with Crippen LogP contribution in [0.25, 0.3) is 0 Å². The first-order valence-corrected chi connectivity index (χ1v) is 7.00. The third kappa shape index (κ3) is 3.30. The number of hydrogen-bond acceptors (Lipinski definition) is 3. The summed E-state index contributed by atoms with van der Waals surface area (Å²) < 4.78 is 0. The molecule has 1 saturated carbocycles. The number of rotatable bonds is 6. The third-order valence-corrected chi connectivity index (χ3v) is 4.49. The van der Waals surface area contributed by atoms with Crippen molar-refractivity contribution in [2.75, 3.05) is 20.1 Å². The van der Waals surface area contributed by atoms with Gasteiger partial charge in [0, 0.05) is 30.3 Å². The van der Waals surface area contributed by atoms with Crippen molar-refractivity contribution in [1.82, 2.24) is 4.90 Å². The summed E-state index contributed by atoms with van der Waals surface area (Å²) in [7, 11) is 1.90. The van der Waals surface area contributed by atoms with Crippen LogP contribution in [-0.4, -0.2) is 30.9 Å². The normalized spacial score (nSPS) is 16.8. The van der Waals surface area contributed by atoms with Crippen LogP contribution >= 0.6 is 11.3 Å². The van der Waals surface area contributed by atoms with Gasteiger partial charge in [-0.15, -0.1) is 11.3 Å². The molecule has 1 aliphatic carbocycles. The van der Waals surface area contributed by atoms with Crippen LogP contribution in [0.3, 0.4) is 0 Å². The highest BCUT2D eigenvalue weighted by Crippen LogP contribution is 2.44. The van der Waals surface area contributed by atoms with E-state index in [1.165, 1.54) is 17.7 Å². The zero-order valence-electron chi connectivity index (χ0n) is 10.3. The Bertz CT molecular complexity index is 371. The minimum absolute atomic E-state index is 0.234. The Morgan fingerprint density at radius 1 is 1.59 bits per heavy atom. The largest absolute Gasteiger partial charge is 0.345 e. The lowest BCUT2D eigenvalue weighted by molar-refractivity contribution is -0.130. The molecule has 17 heavy (non-hydrogen) atoms. The molecule has 0 atom stereocenters. The highest BCUT2D eigenvalue weighted by Gasteiger charge is 2.42. The number of nitrogens with two attached hydrogens (primary N) is 1. The molecule has 0 unspecified atom stereocenters.